The second-order valence-corrected chi connectivity index (χ2v) is 4.41. The number of hydrogen-bond donors (Lipinski definition) is 0. The summed E-state index contributed by atoms with van der Waals surface area (Å²) in [5.74, 6) is 0. The van der Waals surface area contributed by atoms with Gasteiger partial charge in [0.05, 0.1) is 12.7 Å². The Morgan fingerprint density at radius 3 is 2.27 bits per heavy atom. The Morgan fingerprint density at radius 1 is 0.933 bits per heavy atom. The summed E-state index contributed by atoms with van der Waals surface area (Å²) in [7, 11) is 0. The number of allylic oxidation sites excluding steroid dienone is 1. The maximum atomic E-state index is 5.41. The molecule has 0 fully saturated rings. The van der Waals surface area contributed by atoms with Gasteiger partial charge in [-0.3, -0.25) is 0 Å². The molecule has 0 rings (SSSR count). The minimum absolute atomic E-state index is 0.351. The van der Waals surface area contributed by atoms with Crippen LogP contribution in [0.4, 0.5) is 0 Å². The summed E-state index contributed by atoms with van der Waals surface area (Å²) >= 11 is 0. The molecule has 0 saturated heterocycles. The van der Waals surface area contributed by atoms with E-state index < -0.39 is 0 Å². The molecule has 90 valence electrons. The van der Waals surface area contributed by atoms with Crippen molar-refractivity contribution in [2.45, 2.75) is 71.8 Å². The van der Waals surface area contributed by atoms with E-state index in [9.17, 15) is 0 Å². The van der Waals surface area contributed by atoms with E-state index in [1.165, 1.54) is 44.9 Å². The van der Waals surface area contributed by atoms with Crippen molar-refractivity contribution in [1.29, 1.82) is 0 Å². The molecule has 0 N–H and O–H groups in total. The van der Waals surface area contributed by atoms with Gasteiger partial charge in [-0.05, 0) is 26.7 Å². The lowest BCUT2D eigenvalue weighted by Crippen LogP contribution is -2.01. The van der Waals surface area contributed by atoms with Crippen LogP contribution in [0, 0.1) is 0 Å². The van der Waals surface area contributed by atoms with Crippen molar-refractivity contribution in [1.82, 2.24) is 0 Å². The van der Waals surface area contributed by atoms with Gasteiger partial charge in [0.1, 0.15) is 0 Å². The monoisotopic (exact) mass is 212 g/mol. The van der Waals surface area contributed by atoms with Gasteiger partial charge >= 0.3 is 0 Å². The van der Waals surface area contributed by atoms with Crippen LogP contribution >= 0.6 is 0 Å². The number of unbranched alkanes of at least 4 members (excludes halogenated alkanes) is 6. The van der Waals surface area contributed by atoms with E-state index in [0.717, 1.165) is 6.61 Å². The Balaban J connectivity index is 3.03. The van der Waals surface area contributed by atoms with Crippen molar-refractivity contribution in [2.75, 3.05) is 6.61 Å². The second kappa shape index (κ2) is 11.8. The van der Waals surface area contributed by atoms with E-state index >= 15 is 0 Å². The summed E-state index contributed by atoms with van der Waals surface area (Å²) in [5.41, 5.74) is 0. The van der Waals surface area contributed by atoms with Gasteiger partial charge in [-0.2, -0.15) is 0 Å². The molecule has 0 aliphatic heterocycles. The fraction of sp³-hybridized carbons (Fsp3) is 0.857. The Hall–Kier alpha value is -0.300. The van der Waals surface area contributed by atoms with Crippen molar-refractivity contribution in [2.24, 2.45) is 0 Å². The molecule has 1 nitrogen and oxygen atoms in total. The number of rotatable bonds is 10. The molecule has 0 amide bonds. The third-order valence-electron chi connectivity index (χ3n) is 2.42. The van der Waals surface area contributed by atoms with Crippen molar-refractivity contribution >= 4 is 0 Å². The Morgan fingerprint density at radius 2 is 1.60 bits per heavy atom. The molecule has 0 aromatic heterocycles. The lowest BCUT2D eigenvalue weighted by atomic mass is 10.1. The minimum atomic E-state index is 0.351. The maximum Gasteiger partial charge on any atom is 0.0650 e. The van der Waals surface area contributed by atoms with Gasteiger partial charge in [0.2, 0.25) is 0 Å². The third-order valence-corrected chi connectivity index (χ3v) is 2.42. The molecule has 0 atom stereocenters. The van der Waals surface area contributed by atoms with Crippen LogP contribution in [0.5, 0.6) is 0 Å². The highest BCUT2D eigenvalue weighted by atomic mass is 16.5. The molecule has 0 saturated carbocycles. The molecule has 0 aromatic rings. The maximum absolute atomic E-state index is 5.41. The fourth-order valence-corrected chi connectivity index (χ4v) is 1.48. The highest BCUT2D eigenvalue weighted by Crippen LogP contribution is 2.07. The van der Waals surface area contributed by atoms with Crippen LogP contribution < -0.4 is 0 Å². The van der Waals surface area contributed by atoms with Gasteiger partial charge in [-0.25, -0.2) is 0 Å². The van der Waals surface area contributed by atoms with Crippen LogP contribution in [0.3, 0.4) is 0 Å². The van der Waals surface area contributed by atoms with Crippen molar-refractivity contribution in [3.05, 3.63) is 12.2 Å². The minimum Gasteiger partial charge on any atom is -0.375 e. The van der Waals surface area contributed by atoms with Gasteiger partial charge in [-0.1, -0.05) is 51.2 Å². The van der Waals surface area contributed by atoms with E-state index in [0.29, 0.717) is 6.10 Å². The molecule has 0 unspecified atom stereocenters. The quantitative estimate of drug-likeness (QED) is 0.376. The molecule has 15 heavy (non-hydrogen) atoms. The summed E-state index contributed by atoms with van der Waals surface area (Å²) in [5, 5.41) is 0. The summed E-state index contributed by atoms with van der Waals surface area (Å²) < 4.78 is 5.41. The first-order chi connectivity index (χ1) is 7.27. The zero-order valence-corrected chi connectivity index (χ0v) is 10.8. The molecule has 0 aliphatic carbocycles. The Labute approximate surface area is 95.9 Å². The first-order valence-electron chi connectivity index (χ1n) is 6.54. The second-order valence-electron chi connectivity index (χ2n) is 4.41. The summed E-state index contributed by atoms with van der Waals surface area (Å²) in [6, 6.07) is 0. The Bertz CT molecular complexity index is 138. The van der Waals surface area contributed by atoms with E-state index in [1.807, 2.05) is 0 Å². The molecule has 0 heterocycles. The van der Waals surface area contributed by atoms with Crippen LogP contribution in [0.1, 0.15) is 65.7 Å². The molecule has 1 heteroatoms. The van der Waals surface area contributed by atoms with Gasteiger partial charge in [0.25, 0.3) is 0 Å². The van der Waals surface area contributed by atoms with Gasteiger partial charge in [0.15, 0.2) is 0 Å². The first-order valence-corrected chi connectivity index (χ1v) is 6.54. The lowest BCUT2D eigenvalue weighted by Gasteiger charge is -2.02. The van der Waals surface area contributed by atoms with Gasteiger partial charge in [0, 0.05) is 0 Å². The molecular formula is C14H28O. The normalized spacial score (nSPS) is 11.7. The van der Waals surface area contributed by atoms with Crippen LogP contribution in [0.2, 0.25) is 0 Å². The van der Waals surface area contributed by atoms with Crippen molar-refractivity contribution in [3.63, 3.8) is 0 Å². The molecule has 0 bridgehead atoms. The highest BCUT2D eigenvalue weighted by Gasteiger charge is 1.89. The summed E-state index contributed by atoms with van der Waals surface area (Å²) in [6.07, 6.45) is 14.2. The SMILES string of the molecule is CCCCCCCC/C=C/COC(C)C. The third kappa shape index (κ3) is 13.7. The van der Waals surface area contributed by atoms with Crippen LogP contribution in [-0.4, -0.2) is 12.7 Å². The van der Waals surface area contributed by atoms with E-state index in [1.54, 1.807) is 0 Å². The average molecular weight is 212 g/mol. The average Bonchev–Trinajstić information content (AvgIpc) is 2.20. The van der Waals surface area contributed by atoms with Gasteiger partial charge in [-0.15, -0.1) is 0 Å². The molecular weight excluding hydrogens is 184 g/mol. The zero-order valence-electron chi connectivity index (χ0n) is 10.8. The van der Waals surface area contributed by atoms with Crippen molar-refractivity contribution < 1.29 is 4.74 Å². The summed E-state index contributed by atoms with van der Waals surface area (Å²) in [4.78, 5) is 0. The van der Waals surface area contributed by atoms with Gasteiger partial charge < -0.3 is 4.74 Å². The predicted octanol–water partition coefficient (Wildman–Crippen LogP) is 4.72. The summed E-state index contributed by atoms with van der Waals surface area (Å²) in [6.45, 7) is 7.17. The van der Waals surface area contributed by atoms with E-state index in [4.69, 9.17) is 4.74 Å². The highest BCUT2D eigenvalue weighted by molar-refractivity contribution is 4.81. The van der Waals surface area contributed by atoms with Crippen molar-refractivity contribution in [3.8, 4) is 0 Å². The van der Waals surface area contributed by atoms with Crippen LogP contribution in [-0.2, 0) is 4.74 Å². The van der Waals surface area contributed by atoms with Crippen LogP contribution in [0.25, 0.3) is 0 Å². The Kier molecular flexibility index (Phi) is 11.5. The zero-order chi connectivity index (χ0) is 11.4. The number of hydrogen-bond acceptors (Lipinski definition) is 1. The standard InChI is InChI=1S/C14H28O/c1-4-5-6-7-8-9-10-11-12-13-15-14(2)3/h11-12,14H,4-10,13H2,1-3H3/b12-11+. The predicted molar refractivity (Wildman–Crippen MR) is 68.2 cm³/mol. The first kappa shape index (κ1) is 14.7. The van der Waals surface area contributed by atoms with Crippen LogP contribution in [0.15, 0.2) is 12.2 Å². The van der Waals surface area contributed by atoms with E-state index in [2.05, 4.69) is 32.9 Å². The molecule has 0 aromatic carbocycles. The molecule has 0 aliphatic rings. The topological polar surface area (TPSA) is 9.23 Å². The number of ether oxygens (including phenoxy) is 1. The lowest BCUT2D eigenvalue weighted by molar-refractivity contribution is 0.102. The molecule has 0 spiro atoms. The fourth-order valence-electron chi connectivity index (χ4n) is 1.48. The largest absolute Gasteiger partial charge is 0.375 e. The smallest absolute Gasteiger partial charge is 0.0650 e. The van der Waals surface area contributed by atoms with E-state index in [-0.39, 0.29) is 0 Å². The molecule has 0 radical (unpaired) electrons.